The zero-order valence-electron chi connectivity index (χ0n) is 21.9. The van der Waals surface area contributed by atoms with Crippen molar-refractivity contribution in [1.82, 2.24) is 0 Å². The van der Waals surface area contributed by atoms with Gasteiger partial charge in [0.25, 0.3) is 0 Å². The number of fused-ring (bicyclic) bond motifs is 2. The van der Waals surface area contributed by atoms with E-state index in [9.17, 15) is 0 Å². The van der Waals surface area contributed by atoms with Gasteiger partial charge in [0.2, 0.25) is 11.3 Å². The smallest absolute Gasteiger partial charge is 0.305 e. The summed E-state index contributed by atoms with van der Waals surface area (Å²) in [4.78, 5) is 3.87. The van der Waals surface area contributed by atoms with Gasteiger partial charge >= 0.3 is 5.01 Å². The summed E-state index contributed by atoms with van der Waals surface area (Å²) in [5.41, 5.74) is 2.63. The van der Waals surface area contributed by atoms with Gasteiger partial charge in [-0.15, -0.1) is 0 Å². The molecule has 0 spiro atoms. The van der Waals surface area contributed by atoms with Gasteiger partial charge in [-0.25, -0.2) is 0 Å². The van der Waals surface area contributed by atoms with E-state index in [1.54, 1.807) is 14.2 Å². The monoisotopic (exact) mass is 533 g/mol. The van der Waals surface area contributed by atoms with E-state index in [0.717, 1.165) is 11.5 Å². The summed E-state index contributed by atoms with van der Waals surface area (Å²) in [5, 5.41) is 2.38. The van der Waals surface area contributed by atoms with E-state index in [0.29, 0.717) is 12.1 Å². The molecule has 0 atom stereocenters. The molecule has 0 amide bonds. The molecular weight excluding hydrogens is 496 g/mol. The van der Waals surface area contributed by atoms with Crippen molar-refractivity contribution in [2.24, 2.45) is 0 Å². The van der Waals surface area contributed by atoms with Crippen LogP contribution >= 0.6 is 23.1 Å². The van der Waals surface area contributed by atoms with Crippen molar-refractivity contribution in [3.8, 4) is 0 Å². The minimum Gasteiger partial charge on any atom is -0.494 e. The average molecular weight is 534 g/mol. The number of aromatic nitrogens is 1. The molecule has 1 aromatic heterocycles. The molecule has 2 heterocycles. The maximum atomic E-state index is 6.16. The fraction of sp³-hybridized carbons (Fsp3) is 0.452. The van der Waals surface area contributed by atoms with Gasteiger partial charge in [-0.2, -0.15) is 4.57 Å². The zero-order valence-corrected chi connectivity index (χ0v) is 23.6. The number of thioether (sulfide) groups is 1. The molecule has 37 heavy (non-hydrogen) atoms. The van der Waals surface area contributed by atoms with Crippen LogP contribution in [0.4, 0.5) is 5.69 Å². The molecule has 0 bridgehead atoms. The Morgan fingerprint density at radius 1 is 0.865 bits per heavy atom. The van der Waals surface area contributed by atoms with Crippen molar-refractivity contribution in [2.75, 3.05) is 19.1 Å². The molecule has 2 aliphatic carbocycles. The Morgan fingerprint density at radius 3 is 2.32 bits per heavy atom. The van der Waals surface area contributed by atoms with E-state index in [1.807, 2.05) is 23.1 Å². The van der Waals surface area contributed by atoms with E-state index in [4.69, 9.17) is 9.47 Å². The molecule has 6 heteroatoms. The molecular formula is C31H37N2O2S2+. The molecule has 194 valence electrons. The third-order valence-corrected chi connectivity index (χ3v) is 10.4. The van der Waals surface area contributed by atoms with Gasteiger partial charge in [0.15, 0.2) is 11.8 Å². The number of anilines is 1. The Balaban J connectivity index is 1.47. The van der Waals surface area contributed by atoms with Crippen LogP contribution in [0.15, 0.2) is 70.3 Å². The van der Waals surface area contributed by atoms with Crippen molar-refractivity contribution in [2.45, 2.75) is 81.2 Å². The van der Waals surface area contributed by atoms with Crippen LogP contribution in [0.2, 0.25) is 0 Å². The van der Waals surface area contributed by atoms with E-state index >= 15 is 0 Å². The van der Waals surface area contributed by atoms with Crippen LogP contribution in [0.25, 0.3) is 16.0 Å². The summed E-state index contributed by atoms with van der Waals surface area (Å²) in [5.74, 6) is 1.77. The Hall–Kier alpha value is -2.44. The molecule has 3 aliphatic rings. The summed E-state index contributed by atoms with van der Waals surface area (Å²) >= 11 is 3.67. The predicted octanol–water partition coefficient (Wildman–Crippen LogP) is 8.44. The first-order valence-corrected chi connectivity index (χ1v) is 15.5. The van der Waals surface area contributed by atoms with E-state index in [1.165, 1.54) is 95.0 Å². The van der Waals surface area contributed by atoms with Gasteiger partial charge in [0.1, 0.15) is 9.73 Å². The molecule has 2 saturated carbocycles. The molecule has 2 fully saturated rings. The SMILES string of the molecule is CO/C(=C\C(OC)=C1/Sc2ccccc2N1C1CCCCC1)c1sc2ccccc2[n+]1C1CCCCC1. The Kier molecular flexibility index (Phi) is 7.48. The highest BCUT2D eigenvalue weighted by Gasteiger charge is 2.36. The van der Waals surface area contributed by atoms with Crippen LogP contribution in [0.5, 0.6) is 0 Å². The van der Waals surface area contributed by atoms with E-state index in [-0.39, 0.29) is 0 Å². The van der Waals surface area contributed by atoms with Crippen molar-refractivity contribution < 1.29 is 14.0 Å². The molecule has 0 unspecified atom stereocenters. The summed E-state index contributed by atoms with van der Waals surface area (Å²) in [6, 6.07) is 18.6. The van der Waals surface area contributed by atoms with Crippen LogP contribution in [-0.4, -0.2) is 20.3 Å². The minimum atomic E-state index is 0.515. The number of ether oxygens (including phenoxy) is 2. The molecule has 6 rings (SSSR count). The highest BCUT2D eigenvalue weighted by molar-refractivity contribution is 8.03. The molecule has 0 saturated heterocycles. The number of para-hydroxylation sites is 2. The number of hydrogen-bond acceptors (Lipinski definition) is 5. The molecule has 0 radical (unpaired) electrons. The third-order valence-electron chi connectivity index (χ3n) is 8.10. The lowest BCUT2D eigenvalue weighted by molar-refractivity contribution is -0.700. The summed E-state index contributed by atoms with van der Waals surface area (Å²) in [7, 11) is 3.60. The van der Waals surface area contributed by atoms with Gasteiger partial charge < -0.3 is 14.4 Å². The van der Waals surface area contributed by atoms with Crippen LogP contribution in [0.1, 0.15) is 75.3 Å². The van der Waals surface area contributed by atoms with Gasteiger partial charge in [-0.05, 0) is 43.9 Å². The van der Waals surface area contributed by atoms with Gasteiger partial charge in [-0.1, -0.05) is 73.0 Å². The molecule has 1 aliphatic heterocycles. The minimum absolute atomic E-state index is 0.515. The third kappa shape index (κ3) is 4.79. The van der Waals surface area contributed by atoms with Gasteiger partial charge in [0.05, 0.1) is 19.9 Å². The van der Waals surface area contributed by atoms with Gasteiger partial charge in [0, 0.05) is 35.9 Å². The lowest BCUT2D eigenvalue weighted by Crippen LogP contribution is -2.42. The standard InChI is InChI=1S/C31H37N2O2S2/c1-34-26(30-32(22-13-5-3-6-14-22)24-17-9-11-19-28(24)36-30)21-27(35-2)31-33(23-15-7-4-8-16-23)25-18-10-12-20-29(25)37-31/h9-12,17-23H,3-8,13-16H2,1-2H3/q+1. The number of benzene rings is 2. The molecule has 2 aromatic carbocycles. The summed E-state index contributed by atoms with van der Waals surface area (Å²) in [6.45, 7) is 0. The lowest BCUT2D eigenvalue weighted by Gasteiger charge is -2.34. The van der Waals surface area contributed by atoms with Gasteiger partial charge in [-0.3, -0.25) is 0 Å². The predicted molar refractivity (Wildman–Crippen MR) is 155 cm³/mol. The fourth-order valence-electron chi connectivity index (χ4n) is 6.29. The van der Waals surface area contributed by atoms with Crippen LogP contribution in [0, 0.1) is 0 Å². The second-order valence-electron chi connectivity index (χ2n) is 10.4. The molecule has 4 nitrogen and oxygen atoms in total. The maximum Gasteiger partial charge on any atom is 0.305 e. The fourth-order valence-corrected chi connectivity index (χ4v) is 8.72. The van der Waals surface area contributed by atoms with Crippen molar-refractivity contribution >= 4 is 44.8 Å². The van der Waals surface area contributed by atoms with Crippen molar-refractivity contribution in [3.63, 3.8) is 0 Å². The van der Waals surface area contributed by atoms with E-state index < -0.39 is 0 Å². The van der Waals surface area contributed by atoms with Crippen molar-refractivity contribution in [1.29, 1.82) is 0 Å². The lowest BCUT2D eigenvalue weighted by atomic mass is 9.94. The normalized spacial score (nSPS) is 20.8. The van der Waals surface area contributed by atoms with Crippen LogP contribution in [0.3, 0.4) is 0 Å². The highest BCUT2D eigenvalue weighted by atomic mass is 32.2. The Bertz CT molecular complexity index is 1320. The first-order valence-electron chi connectivity index (χ1n) is 13.8. The second kappa shape index (κ2) is 11.1. The largest absolute Gasteiger partial charge is 0.494 e. The first-order chi connectivity index (χ1) is 18.3. The first kappa shape index (κ1) is 24.9. The van der Waals surface area contributed by atoms with Crippen LogP contribution < -0.4 is 9.47 Å². The Labute approximate surface area is 229 Å². The zero-order chi connectivity index (χ0) is 25.2. The number of nitrogens with zero attached hydrogens (tertiary/aromatic N) is 2. The average Bonchev–Trinajstić information content (AvgIpc) is 3.54. The number of methoxy groups -OCH3 is 2. The maximum absolute atomic E-state index is 6.16. The molecule has 0 N–H and O–H groups in total. The Morgan fingerprint density at radius 2 is 1.57 bits per heavy atom. The summed E-state index contributed by atoms with van der Waals surface area (Å²) < 4.78 is 16.2. The van der Waals surface area contributed by atoms with E-state index in [2.05, 4.69) is 64.1 Å². The highest BCUT2D eigenvalue weighted by Crippen LogP contribution is 2.50. The number of thiazole rings is 1. The number of hydrogen-bond donors (Lipinski definition) is 0. The van der Waals surface area contributed by atoms with Crippen LogP contribution in [-0.2, 0) is 9.47 Å². The topological polar surface area (TPSA) is 25.6 Å². The number of rotatable bonds is 6. The quantitative estimate of drug-likeness (QED) is 0.234. The van der Waals surface area contributed by atoms with Crippen molar-refractivity contribution in [3.05, 3.63) is 70.4 Å². The number of allylic oxidation sites excluding steroid dienone is 1. The second-order valence-corrected chi connectivity index (χ2v) is 12.4. The summed E-state index contributed by atoms with van der Waals surface area (Å²) in [6.07, 6.45) is 14.9. The molecule has 3 aromatic rings.